The number of nitrogens with zero attached hydrogens (tertiary/aromatic N) is 3. The van der Waals surface area contributed by atoms with Crippen LogP contribution in [0.1, 0.15) is 43.0 Å². The van der Waals surface area contributed by atoms with Crippen LogP contribution in [-0.4, -0.2) is 41.9 Å². The molecule has 0 saturated carbocycles. The van der Waals surface area contributed by atoms with E-state index in [-0.39, 0.29) is 0 Å². The molecule has 24 heavy (non-hydrogen) atoms. The number of rotatable bonds is 5. The Bertz CT molecular complexity index is 686. The second kappa shape index (κ2) is 7.21. The van der Waals surface area contributed by atoms with Crippen LogP contribution in [0.5, 0.6) is 11.5 Å². The van der Waals surface area contributed by atoms with Crippen molar-refractivity contribution >= 4 is 0 Å². The summed E-state index contributed by atoms with van der Waals surface area (Å²) in [4.78, 5) is 2.47. The van der Waals surface area contributed by atoms with Crippen LogP contribution in [0.2, 0.25) is 0 Å². The first-order valence-electron chi connectivity index (χ1n) is 8.37. The molecule has 3 rings (SSSR count). The first-order valence-corrected chi connectivity index (χ1v) is 8.37. The van der Waals surface area contributed by atoms with E-state index in [1.165, 1.54) is 5.56 Å². The van der Waals surface area contributed by atoms with Crippen LogP contribution in [0.4, 0.5) is 0 Å². The zero-order valence-electron chi connectivity index (χ0n) is 14.8. The van der Waals surface area contributed by atoms with E-state index < -0.39 is 0 Å². The highest BCUT2D eigenvalue weighted by molar-refractivity contribution is 5.42. The minimum Gasteiger partial charge on any atom is -0.493 e. The zero-order chi connectivity index (χ0) is 17.1. The summed E-state index contributed by atoms with van der Waals surface area (Å²) in [6, 6.07) is 6.45. The normalized spacial score (nSPS) is 21.7. The number of benzene rings is 1. The summed E-state index contributed by atoms with van der Waals surface area (Å²) >= 11 is 0. The Hall–Kier alpha value is -2.08. The summed E-state index contributed by atoms with van der Waals surface area (Å²) in [7, 11) is 3.32. The molecular weight excluding hydrogens is 306 g/mol. The Morgan fingerprint density at radius 2 is 2.00 bits per heavy atom. The Morgan fingerprint density at radius 3 is 2.67 bits per heavy atom. The Morgan fingerprint density at radius 1 is 1.21 bits per heavy atom. The van der Waals surface area contributed by atoms with Crippen molar-refractivity contribution < 1.29 is 13.9 Å². The van der Waals surface area contributed by atoms with Crippen molar-refractivity contribution in [3.05, 3.63) is 35.5 Å². The molecule has 0 spiro atoms. The largest absolute Gasteiger partial charge is 0.493 e. The third-order valence-corrected chi connectivity index (χ3v) is 4.81. The molecule has 0 N–H and O–H groups in total. The fourth-order valence-corrected chi connectivity index (χ4v) is 3.44. The molecule has 1 aromatic heterocycles. The van der Waals surface area contributed by atoms with Crippen LogP contribution in [-0.2, 0) is 6.54 Å². The van der Waals surface area contributed by atoms with Gasteiger partial charge in [-0.15, -0.1) is 10.2 Å². The van der Waals surface area contributed by atoms with Crippen molar-refractivity contribution in [1.82, 2.24) is 15.1 Å². The molecule has 130 valence electrons. The second-order valence-electron chi connectivity index (χ2n) is 6.31. The van der Waals surface area contributed by atoms with Crippen molar-refractivity contribution in [2.45, 2.75) is 45.2 Å². The fourth-order valence-electron chi connectivity index (χ4n) is 3.44. The van der Waals surface area contributed by atoms with Gasteiger partial charge in [0.1, 0.15) is 0 Å². The Kier molecular flexibility index (Phi) is 5.04. The molecule has 1 aromatic carbocycles. The fraction of sp³-hybridized carbons (Fsp3) is 0.556. The van der Waals surface area contributed by atoms with Gasteiger partial charge in [0.05, 0.1) is 20.1 Å². The van der Waals surface area contributed by atoms with Crippen LogP contribution >= 0.6 is 0 Å². The zero-order valence-corrected chi connectivity index (χ0v) is 14.8. The maximum absolute atomic E-state index is 5.67. The lowest BCUT2D eigenvalue weighted by Crippen LogP contribution is -2.41. The molecule has 0 amide bonds. The molecule has 0 unspecified atom stereocenters. The van der Waals surface area contributed by atoms with E-state index >= 15 is 0 Å². The van der Waals surface area contributed by atoms with E-state index in [1.54, 1.807) is 14.2 Å². The molecule has 6 heteroatoms. The van der Waals surface area contributed by atoms with E-state index in [0.717, 1.165) is 43.3 Å². The topological polar surface area (TPSA) is 60.6 Å². The van der Waals surface area contributed by atoms with Gasteiger partial charge in [-0.2, -0.15) is 0 Å². The summed E-state index contributed by atoms with van der Waals surface area (Å²) in [5, 5.41) is 8.21. The van der Waals surface area contributed by atoms with Crippen LogP contribution in [0.3, 0.4) is 0 Å². The van der Waals surface area contributed by atoms with E-state index in [9.17, 15) is 0 Å². The highest BCUT2D eigenvalue weighted by Crippen LogP contribution is 2.34. The van der Waals surface area contributed by atoms with Crippen molar-refractivity contribution in [1.29, 1.82) is 0 Å². The number of methoxy groups -OCH3 is 2. The summed E-state index contributed by atoms with van der Waals surface area (Å²) in [5.41, 5.74) is 1.21. The van der Waals surface area contributed by atoms with E-state index in [1.807, 2.05) is 19.1 Å². The summed E-state index contributed by atoms with van der Waals surface area (Å²) in [6.45, 7) is 6.01. The predicted octanol–water partition coefficient (Wildman–Crippen LogP) is 3.16. The first-order chi connectivity index (χ1) is 11.6. The van der Waals surface area contributed by atoms with E-state index in [0.29, 0.717) is 17.9 Å². The van der Waals surface area contributed by atoms with Gasteiger partial charge in [-0.3, -0.25) is 4.90 Å². The molecule has 6 nitrogen and oxygen atoms in total. The van der Waals surface area contributed by atoms with Gasteiger partial charge in [-0.05, 0) is 44.0 Å². The maximum Gasteiger partial charge on any atom is 0.221 e. The number of likely N-dealkylation sites (tertiary alicyclic amines) is 1. The SMILES string of the molecule is COc1ccc(CN2CCC[C@H](c3nnc(C)o3)[C@@H]2C)cc1OC. The lowest BCUT2D eigenvalue weighted by molar-refractivity contribution is 0.118. The highest BCUT2D eigenvalue weighted by atomic mass is 16.5. The number of ether oxygens (including phenoxy) is 2. The van der Waals surface area contributed by atoms with E-state index in [4.69, 9.17) is 13.9 Å². The third kappa shape index (κ3) is 3.38. The highest BCUT2D eigenvalue weighted by Gasteiger charge is 2.32. The van der Waals surface area contributed by atoms with Gasteiger partial charge in [-0.1, -0.05) is 6.07 Å². The molecular formula is C18H25N3O3. The van der Waals surface area contributed by atoms with Crippen LogP contribution < -0.4 is 9.47 Å². The van der Waals surface area contributed by atoms with Gasteiger partial charge in [0.2, 0.25) is 11.8 Å². The molecule has 0 radical (unpaired) electrons. The third-order valence-electron chi connectivity index (χ3n) is 4.81. The molecule has 1 aliphatic heterocycles. The maximum atomic E-state index is 5.67. The standard InChI is InChI=1S/C18H25N3O3/c1-12-15(18-20-19-13(2)24-18)6-5-9-21(12)11-14-7-8-16(22-3)17(10-14)23-4/h7-8,10,12,15H,5-6,9,11H2,1-4H3/t12-,15-/m0/s1. The molecule has 0 aliphatic carbocycles. The van der Waals surface area contributed by atoms with Crippen molar-refractivity contribution in [2.24, 2.45) is 0 Å². The number of hydrogen-bond donors (Lipinski definition) is 0. The minimum atomic E-state index is 0.292. The average Bonchev–Trinajstić information content (AvgIpc) is 3.02. The van der Waals surface area contributed by atoms with Gasteiger partial charge >= 0.3 is 0 Å². The van der Waals surface area contributed by atoms with Crippen molar-refractivity contribution in [3.8, 4) is 11.5 Å². The van der Waals surface area contributed by atoms with Gasteiger partial charge in [0, 0.05) is 19.5 Å². The quantitative estimate of drug-likeness (QED) is 0.839. The predicted molar refractivity (Wildman–Crippen MR) is 90.4 cm³/mol. The van der Waals surface area contributed by atoms with E-state index in [2.05, 4.69) is 28.1 Å². The second-order valence-corrected chi connectivity index (χ2v) is 6.31. The number of aromatic nitrogens is 2. The minimum absolute atomic E-state index is 0.292. The number of piperidine rings is 1. The molecule has 2 atom stereocenters. The first kappa shape index (κ1) is 16.8. The van der Waals surface area contributed by atoms with Crippen LogP contribution in [0, 0.1) is 6.92 Å². The molecule has 0 bridgehead atoms. The van der Waals surface area contributed by atoms with Gasteiger partial charge in [0.15, 0.2) is 11.5 Å². The van der Waals surface area contributed by atoms with Gasteiger partial charge in [-0.25, -0.2) is 0 Å². The lowest BCUT2D eigenvalue weighted by atomic mass is 9.89. The summed E-state index contributed by atoms with van der Waals surface area (Å²) < 4.78 is 16.4. The van der Waals surface area contributed by atoms with Gasteiger partial charge < -0.3 is 13.9 Å². The molecule has 1 fully saturated rings. The molecule has 2 aromatic rings. The van der Waals surface area contributed by atoms with Crippen molar-refractivity contribution in [2.75, 3.05) is 20.8 Å². The summed E-state index contributed by atoms with van der Waals surface area (Å²) in [5.74, 6) is 3.21. The number of hydrogen-bond acceptors (Lipinski definition) is 6. The van der Waals surface area contributed by atoms with Crippen molar-refractivity contribution in [3.63, 3.8) is 0 Å². The monoisotopic (exact) mass is 331 g/mol. The summed E-state index contributed by atoms with van der Waals surface area (Å²) in [6.07, 6.45) is 2.22. The Labute approximate surface area is 142 Å². The Balaban J connectivity index is 1.74. The molecule has 1 saturated heterocycles. The molecule has 1 aliphatic rings. The van der Waals surface area contributed by atoms with Crippen LogP contribution in [0.15, 0.2) is 22.6 Å². The van der Waals surface area contributed by atoms with Crippen LogP contribution in [0.25, 0.3) is 0 Å². The average molecular weight is 331 g/mol. The molecule has 2 heterocycles. The van der Waals surface area contributed by atoms with Gasteiger partial charge in [0.25, 0.3) is 0 Å². The lowest BCUT2D eigenvalue weighted by Gasteiger charge is -2.38. The number of aryl methyl sites for hydroxylation is 1. The smallest absolute Gasteiger partial charge is 0.221 e.